The molecule has 8 nitrogen and oxygen atoms in total. The number of nitrogens with one attached hydrogen (secondary N) is 1. The number of hydrogen-bond donors (Lipinski definition) is 1. The number of esters is 1. The van der Waals surface area contributed by atoms with Gasteiger partial charge in [-0.2, -0.15) is 9.78 Å². The van der Waals surface area contributed by atoms with Crippen LogP contribution < -0.4 is 15.6 Å². The Morgan fingerprint density at radius 1 is 1.18 bits per heavy atom. The highest BCUT2D eigenvalue weighted by Crippen LogP contribution is 2.31. The molecule has 2 aromatic carbocycles. The summed E-state index contributed by atoms with van der Waals surface area (Å²) < 4.78 is 25.7. The second-order valence-electron chi connectivity index (χ2n) is 6.88. The van der Waals surface area contributed by atoms with Gasteiger partial charge in [0.1, 0.15) is 22.3 Å². The normalized spacial score (nSPS) is 10.8. The van der Waals surface area contributed by atoms with Gasteiger partial charge in [0.25, 0.3) is 11.5 Å². The number of carbonyl (C=O) groups excluding carboxylic acids is 2. The van der Waals surface area contributed by atoms with Crippen LogP contribution in [0.15, 0.2) is 58.7 Å². The largest absolute Gasteiger partial charge is 0.484 e. The van der Waals surface area contributed by atoms with Crippen LogP contribution in [0.5, 0.6) is 5.75 Å². The average molecular weight is 502 g/mol. The van der Waals surface area contributed by atoms with Crippen molar-refractivity contribution < 1.29 is 23.5 Å². The maximum Gasteiger partial charge on any atom is 0.359 e. The molecular weight excluding hydrogens is 485 g/mol. The Bertz CT molecular complexity index is 1440. The smallest absolute Gasteiger partial charge is 0.359 e. The van der Waals surface area contributed by atoms with Crippen molar-refractivity contribution in [3.05, 3.63) is 80.8 Å². The number of aromatic nitrogens is 2. The minimum atomic E-state index is -0.778. The summed E-state index contributed by atoms with van der Waals surface area (Å²) in [7, 11) is 0. The molecular formula is C23H17ClFN3O5S. The molecule has 174 valence electrons. The molecule has 1 amide bonds. The van der Waals surface area contributed by atoms with E-state index < -0.39 is 23.3 Å². The van der Waals surface area contributed by atoms with Crippen LogP contribution in [0.2, 0.25) is 5.02 Å². The van der Waals surface area contributed by atoms with Crippen LogP contribution in [0.3, 0.4) is 0 Å². The number of amides is 1. The SMILES string of the molecule is CCOC(=O)c1nn(-c2ccccc2F)c(=O)c2c(NC(=O)COc3ccc(Cl)cc3)scc12. The van der Waals surface area contributed by atoms with E-state index >= 15 is 0 Å². The standard InChI is InChI=1S/C23H17ClFN3O5S/c1-2-32-23(31)20-15-12-34-21(26-18(29)11-33-14-9-7-13(24)8-10-14)19(15)22(30)28(27-20)17-6-4-3-5-16(17)25/h3-10,12H,2,11H2,1H3,(H,26,29). The van der Waals surface area contributed by atoms with Gasteiger partial charge in [-0.05, 0) is 43.3 Å². The third-order valence-corrected chi connectivity index (χ3v) is 5.79. The number of benzene rings is 2. The minimum Gasteiger partial charge on any atom is -0.484 e. The highest BCUT2D eigenvalue weighted by atomic mass is 35.5. The van der Waals surface area contributed by atoms with Gasteiger partial charge in [-0.25, -0.2) is 9.18 Å². The first kappa shape index (κ1) is 23.4. The Morgan fingerprint density at radius 3 is 2.62 bits per heavy atom. The third kappa shape index (κ3) is 4.78. The second-order valence-corrected chi connectivity index (χ2v) is 8.20. The lowest BCUT2D eigenvalue weighted by molar-refractivity contribution is -0.118. The molecule has 0 atom stereocenters. The predicted molar refractivity (Wildman–Crippen MR) is 127 cm³/mol. The number of para-hydroxylation sites is 1. The van der Waals surface area contributed by atoms with E-state index in [1.54, 1.807) is 31.2 Å². The van der Waals surface area contributed by atoms with E-state index in [1.165, 1.54) is 29.6 Å². The van der Waals surface area contributed by atoms with Crippen LogP contribution >= 0.6 is 22.9 Å². The van der Waals surface area contributed by atoms with Gasteiger partial charge in [-0.15, -0.1) is 11.3 Å². The first-order chi connectivity index (χ1) is 16.4. The number of halogens is 2. The van der Waals surface area contributed by atoms with E-state index in [0.29, 0.717) is 10.8 Å². The number of thiophene rings is 1. The first-order valence-electron chi connectivity index (χ1n) is 10.0. The van der Waals surface area contributed by atoms with Crippen LogP contribution in [0.25, 0.3) is 16.5 Å². The lowest BCUT2D eigenvalue weighted by Gasteiger charge is -2.10. The van der Waals surface area contributed by atoms with Crippen molar-refractivity contribution in [3.63, 3.8) is 0 Å². The summed E-state index contributed by atoms with van der Waals surface area (Å²) in [5.41, 5.74) is -1.02. The molecule has 34 heavy (non-hydrogen) atoms. The van der Waals surface area contributed by atoms with Crippen molar-refractivity contribution in [2.75, 3.05) is 18.5 Å². The molecule has 0 aliphatic rings. The number of fused-ring (bicyclic) bond motifs is 1. The summed E-state index contributed by atoms with van der Waals surface area (Å²) in [6, 6.07) is 12.0. The molecule has 0 radical (unpaired) electrons. The second kappa shape index (κ2) is 10.0. The Hall–Kier alpha value is -3.76. The van der Waals surface area contributed by atoms with E-state index in [9.17, 15) is 18.8 Å². The molecule has 0 unspecified atom stereocenters. The molecule has 0 fully saturated rings. The van der Waals surface area contributed by atoms with Crippen molar-refractivity contribution in [2.24, 2.45) is 0 Å². The summed E-state index contributed by atoms with van der Waals surface area (Å²) in [6.45, 7) is 1.37. The summed E-state index contributed by atoms with van der Waals surface area (Å²) in [4.78, 5) is 38.3. The maximum atomic E-state index is 14.5. The average Bonchev–Trinajstić information content (AvgIpc) is 3.24. The fourth-order valence-electron chi connectivity index (χ4n) is 3.12. The van der Waals surface area contributed by atoms with Gasteiger partial charge in [0.15, 0.2) is 12.3 Å². The predicted octanol–water partition coefficient (Wildman–Crippen LogP) is 4.43. The van der Waals surface area contributed by atoms with Crippen LogP contribution in [0, 0.1) is 5.82 Å². The first-order valence-corrected chi connectivity index (χ1v) is 11.3. The number of hydrogen-bond acceptors (Lipinski definition) is 7. The maximum absolute atomic E-state index is 14.5. The third-order valence-electron chi connectivity index (χ3n) is 4.64. The number of anilines is 1. The van der Waals surface area contributed by atoms with E-state index in [1.807, 2.05) is 0 Å². The van der Waals surface area contributed by atoms with Gasteiger partial charge in [-0.3, -0.25) is 9.59 Å². The number of ether oxygens (including phenoxy) is 2. The van der Waals surface area contributed by atoms with Gasteiger partial charge >= 0.3 is 5.97 Å². The van der Waals surface area contributed by atoms with Crippen LogP contribution in [-0.2, 0) is 9.53 Å². The quantitative estimate of drug-likeness (QED) is 0.376. The molecule has 0 bridgehead atoms. The summed E-state index contributed by atoms with van der Waals surface area (Å²) in [5, 5.41) is 9.10. The van der Waals surface area contributed by atoms with E-state index in [-0.39, 0.29) is 40.4 Å². The van der Waals surface area contributed by atoms with Crippen molar-refractivity contribution in [1.82, 2.24) is 9.78 Å². The van der Waals surface area contributed by atoms with Gasteiger partial charge in [0.2, 0.25) is 0 Å². The zero-order chi connectivity index (χ0) is 24.2. The fourth-order valence-corrected chi connectivity index (χ4v) is 4.20. The molecule has 0 saturated carbocycles. The molecule has 2 aromatic heterocycles. The summed E-state index contributed by atoms with van der Waals surface area (Å²) >= 11 is 6.86. The molecule has 4 aromatic rings. The lowest BCUT2D eigenvalue weighted by atomic mass is 10.2. The Kier molecular flexibility index (Phi) is 6.90. The molecule has 0 saturated heterocycles. The molecule has 4 rings (SSSR count). The van der Waals surface area contributed by atoms with Crippen LogP contribution in [0.4, 0.5) is 9.39 Å². The Morgan fingerprint density at radius 2 is 1.91 bits per heavy atom. The number of nitrogens with zero attached hydrogens (tertiary/aromatic N) is 2. The van der Waals surface area contributed by atoms with Crippen LogP contribution in [0.1, 0.15) is 17.4 Å². The summed E-state index contributed by atoms with van der Waals surface area (Å²) in [6.07, 6.45) is 0. The zero-order valence-corrected chi connectivity index (χ0v) is 19.3. The topological polar surface area (TPSA) is 99.5 Å². The lowest BCUT2D eigenvalue weighted by Crippen LogP contribution is -2.27. The molecule has 2 heterocycles. The number of rotatable bonds is 7. The van der Waals surface area contributed by atoms with Crippen molar-refractivity contribution in [3.8, 4) is 11.4 Å². The van der Waals surface area contributed by atoms with E-state index in [2.05, 4.69) is 10.4 Å². The van der Waals surface area contributed by atoms with Crippen molar-refractivity contribution >= 4 is 50.6 Å². The van der Waals surface area contributed by atoms with Crippen molar-refractivity contribution in [1.29, 1.82) is 0 Å². The van der Waals surface area contributed by atoms with Gasteiger partial charge < -0.3 is 14.8 Å². The minimum absolute atomic E-state index is 0.00569. The van der Waals surface area contributed by atoms with Gasteiger partial charge in [0, 0.05) is 15.8 Å². The monoisotopic (exact) mass is 501 g/mol. The molecule has 11 heteroatoms. The van der Waals surface area contributed by atoms with Gasteiger partial charge in [0.05, 0.1) is 12.0 Å². The Balaban J connectivity index is 1.72. The van der Waals surface area contributed by atoms with Gasteiger partial charge in [-0.1, -0.05) is 23.7 Å². The highest BCUT2D eigenvalue weighted by molar-refractivity contribution is 7.16. The Labute approximate surface area is 201 Å². The summed E-state index contributed by atoms with van der Waals surface area (Å²) in [5.74, 6) is -1.58. The van der Waals surface area contributed by atoms with E-state index in [4.69, 9.17) is 21.1 Å². The highest BCUT2D eigenvalue weighted by Gasteiger charge is 2.24. The molecule has 0 aliphatic carbocycles. The van der Waals surface area contributed by atoms with Crippen molar-refractivity contribution in [2.45, 2.75) is 6.92 Å². The molecule has 1 N–H and O–H groups in total. The van der Waals surface area contributed by atoms with Crippen LogP contribution in [-0.4, -0.2) is 34.9 Å². The molecule has 0 aliphatic heterocycles. The molecule has 0 spiro atoms. The van der Waals surface area contributed by atoms with E-state index in [0.717, 1.165) is 16.0 Å². The number of carbonyl (C=O) groups is 2. The fraction of sp³-hybridized carbons (Fsp3) is 0.130. The zero-order valence-electron chi connectivity index (χ0n) is 17.7.